The van der Waals surface area contributed by atoms with E-state index in [0.717, 1.165) is 5.56 Å². The minimum absolute atomic E-state index is 0.00986. The third kappa shape index (κ3) is 71.5. The van der Waals surface area contributed by atoms with Crippen LogP contribution in [0.1, 0.15) is 11.3 Å². The number of hydrogen-bond acceptors (Lipinski definition) is 24. The van der Waals surface area contributed by atoms with Crippen molar-refractivity contribution in [2.45, 2.75) is 13.2 Å². The van der Waals surface area contributed by atoms with Crippen molar-refractivity contribution in [2.75, 3.05) is 129 Å². The minimum atomic E-state index is -0.866. The molecule has 0 atom stereocenters. The molecule has 34 heteroatoms. The first kappa shape index (κ1) is 90.6. The summed E-state index contributed by atoms with van der Waals surface area (Å²) in [7, 11) is 10.5. The van der Waals surface area contributed by atoms with E-state index in [9.17, 15) is 47.9 Å². The Hall–Kier alpha value is -11.1. The average molecular weight is 1320 g/mol. The fraction of sp³-hybridized carbons (Fsp3) is 0.356. The number of rotatable bonds is 31. The number of carbonyl (C=O) groups is 10. The van der Waals surface area contributed by atoms with Gasteiger partial charge in [0.2, 0.25) is 11.8 Å². The van der Waals surface area contributed by atoms with Crippen LogP contribution in [0.5, 0.6) is 0 Å². The quantitative estimate of drug-likeness (QED) is 0.0291. The van der Waals surface area contributed by atoms with Gasteiger partial charge in [0.25, 0.3) is 0 Å². The molecule has 2 aromatic rings. The number of nitrogens with two attached hydrogens (primary N) is 3. The highest BCUT2D eigenvalue weighted by atomic mass is 16.6. The molecular weight excluding hydrogens is 1230 g/mol. The highest BCUT2D eigenvalue weighted by Gasteiger charge is 2.04. The first-order chi connectivity index (χ1) is 44.6. The molecule has 15 N–H and O–H groups in total. The van der Waals surface area contributed by atoms with E-state index in [-0.39, 0.29) is 91.1 Å². The van der Waals surface area contributed by atoms with Crippen LogP contribution in [0, 0.1) is 0 Å². The molecule has 0 saturated heterocycles. The topological polar surface area (TPSA) is 492 Å². The number of aliphatic hydroxyl groups excluding tert-OH is 2. The molecule has 0 unspecified atom stereocenters. The van der Waals surface area contributed by atoms with Crippen LogP contribution in [-0.2, 0) is 70.2 Å². The van der Waals surface area contributed by atoms with Crippen molar-refractivity contribution in [3.05, 3.63) is 170 Å². The Bertz CT molecular complexity index is 2570. The van der Waals surface area contributed by atoms with Crippen molar-refractivity contribution in [1.29, 1.82) is 0 Å². The van der Waals surface area contributed by atoms with Crippen LogP contribution in [0.15, 0.2) is 167 Å². The third-order valence-corrected chi connectivity index (χ3v) is 8.93. The summed E-state index contributed by atoms with van der Waals surface area (Å²) in [4.78, 5) is 105. The Morgan fingerprint density at radius 3 is 1.23 bits per heavy atom. The lowest BCUT2D eigenvalue weighted by atomic mass is 10.3. The van der Waals surface area contributed by atoms with Crippen molar-refractivity contribution < 1.29 is 114 Å². The molecule has 0 aromatic carbocycles. The van der Waals surface area contributed by atoms with E-state index in [4.69, 9.17) is 64.7 Å². The molecule has 0 aliphatic carbocycles. The number of likely N-dealkylation sites (N-methyl/N-ethyl adjacent to an activating group) is 2. The molecule has 0 bridgehead atoms. The van der Waals surface area contributed by atoms with E-state index in [0.29, 0.717) is 35.7 Å². The zero-order chi connectivity index (χ0) is 71.1. The monoisotopic (exact) mass is 1320 g/mol. The Morgan fingerprint density at radius 1 is 0.441 bits per heavy atom. The van der Waals surface area contributed by atoms with Crippen LogP contribution < -0.4 is 54.4 Å². The van der Waals surface area contributed by atoms with Gasteiger partial charge in [0.1, 0.15) is 65.2 Å². The van der Waals surface area contributed by atoms with Gasteiger partial charge in [-0.2, -0.15) is 0 Å². The molecule has 0 aliphatic rings. The number of aliphatic hydroxyl groups is 2. The lowest BCUT2D eigenvalue weighted by Gasteiger charge is -2.04. The molecule has 0 fully saturated rings. The third-order valence-electron chi connectivity index (χ3n) is 8.93. The van der Waals surface area contributed by atoms with Crippen LogP contribution in [0.4, 0.5) is 38.4 Å². The number of nitrogens with one attached hydrogen (secondary N) is 7. The summed E-state index contributed by atoms with van der Waals surface area (Å²) in [5, 5.41) is 33.3. The molecular formula is C59H90N10O24. The number of primary amides is 3. The Kier molecular flexibility index (Phi) is 66.7. The van der Waals surface area contributed by atoms with E-state index in [1.807, 2.05) is 0 Å². The molecule has 0 radical (unpaired) electrons. The smallest absolute Gasteiger partial charge is 0.407 e. The van der Waals surface area contributed by atoms with Crippen LogP contribution in [0.2, 0.25) is 0 Å². The fourth-order valence-electron chi connectivity index (χ4n) is 4.30. The Balaban J connectivity index is -0.000000325. The van der Waals surface area contributed by atoms with Gasteiger partial charge in [-0.25, -0.2) is 38.4 Å². The van der Waals surface area contributed by atoms with Crippen LogP contribution >= 0.6 is 0 Å². The molecule has 2 heterocycles. The molecule has 520 valence electrons. The lowest BCUT2D eigenvalue weighted by Crippen LogP contribution is -2.23. The number of alkyl carbamates (subject to hydrolysis) is 5. The molecule has 2 aromatic heterocycles. The summed E-state index contributed by atoms with van der Waals surface area (Å²) in [6, 6.07) is 5.22. The predicted octanol–water partition coefficient (Wildman–Crippen LogP) is 3.63. The largest absolute Gasteiger partial charge is 0.472 e. The SMILES string of the molecule is C=C/C(=C/CO)COC(=O)NC.C=C/C(=C/COC(=O)NC)COC(N)=O.C=C/C(=C/COC(N)=O)COC(=O)NC.CNC(=O)COC/C=C/C=C/CO.CNC(=O)COC/C=C/C=C/COC(N)=O.CNC(=O)OCc1ccco1.CNC(=O)OCc1ccoc1. The van der Waals surface area contributed by atoms with Gasteiger partial charge >= 0.3 is 48.7 Å². The fourth-order valence-corrected chi connectivity index (χ4v) is 4.30. The van der Waals surface area contributed by atoms with Gasteiger partial charge in [0.05, 0.1) is 45.2 Å². The van der Waals surface area contributed by atoms with Gasteiger partial charge in [-0.15, -0.1) is 0 Å². The number of allylic oxidation sites excluding steroid dienone is 4. The summed E-state index contributed by atoms with van der Waals surface area (Å²) >= 11 is 0. The maximum absolute atomic E-state index is 10.7. The molecule has 10 amide bonds. The highest BCUT2D eigenvalue weighted by Crippen LogP contribution is 2.03. The zero-order valence-electron chi connectivity index (χ0n) is 53.2. The van der Waals surface area contributed by atoms with Crippen molar-refractivity contribution in [3.8, 4) is 0 Å². The van der Waals surface area contributed by atoms with Gasteiger partial charge in [-0.05, 0) is 53.1 Å². The van der Waals surface area contributed by atoms with Crippen molar-refractivity contribution in [2.24, 2.45) is 17.2 Å². The minimum Gasteiger partial charge on any atom is -0.472 e. The second-order valence-corrected chi connectivity index (χ2v) is 15.6. The molecule has 0 saturated carbocycles. The average Bonchev–Trinajstić information content (AvgIpc) is 4.43. The van der Waals surface area contributed by atoms with Crippen LogP contribution in [0.3, 0.4) is 0 Å². The van der Waals surface area contributed by atoms with Crippen molar-refractivity contribution >= 4 is 60.6 Å². The van der Waals surface area contributed by atoms with Gasteiger partial charge in [-0.3, -0.25) is 9.59 Å². The predicted molar refractivity (Wildman–Crippen MR) is 339 cm³/mol. The second kappa shape index (κ2) is 68.4. The maximum atomic E-state index is 10.7. The maximum Gasteiger partial charge on any atom is 0.407 e. The van der Waals surface area contributed by atoms with Crippen molar-refractivity contribution in [1.82, 2.24) is 37.2 Å². The first-order valence-electron chi connectivity index (χ1n) is 27.0. The van der Waals surface area contributed by atoms with Crippen LogP contribution in [0.25, 0.3) is 0 Å². The van der Waals surface area contributed by atoms with E-state index < -0.39 is 48.7 Å². The molecule has 34 nitrogen and oxygen atoms in total. The molecule has 93 heavy (non-hydrogen) atoms. The number of furan rings is 2. The Labute approximate surface area is 539 Å². The van der Waals surface area contributed by atoms with E-state index >= 15 is 0 Å². The van der Waals surface area contributed by atoms with Gasteiger partial charge in [-0.1, -0.05) is 86.6 Å². The molecule has 2 rings (SSSR count). The summed E-state index contributed by atoms with van der Waals surface area (Å²) in [6.45, 7) is 12.1. The van der Waals surface area contributed by atoms with Gasteiger partial charge < -0.3 is 121 Å². The summed E-state index contributed by atoms with van der Waals surface area (Å²) < 4.78 is 56.6. The zero-order valence-corrected chi connectivity index (χ0v) is 53.2. The Morgan fingerprint density at radius 2 is 0.839 bits per heavy atom. The summed E-state index contributed by atoms with van der Waals surface area (Å²) in [6.07, 6.45) is 22.3. The molecule has 0 aliphatic heterocycles. The lowest BCUT2D eigenvalue weighted by molar-refractivity contribution is -0.125. The highest BCUT2D eigenvalue weighted by molar-refractivity contribution is 5.77. The number of ether oxygens (including phenoxy) is 10. The van der Waals surface area contributed by atoms with E-state index in [2.05, 4.69) is 75.9 Å². The summed E-state index contributed by atoms with van der Waals surface area (Å²) in [5.41, 5.74) is 17.0. The normalized spacial score (nSPS) is 10.3. The number of hydrogen-bond donors (Lipinski definition) is 12. The van der Waals surface area contributed by atoms with Gasteiger partial charge in [0, 0.05) is 54.9 Å². The van der Waals surface area contributed by atoms with Crippen LogP contribution in [-0.4, -0.2) is 199 Å². The molecule has 0 spiro atoms. The number of carbonyl (C=O) groups excluding carboxylic acids is 10. The van der Waals surface area contributed by atoms with E-state index in [1.54, 1.807) is 93.1 Å². The first-order valence-corrected chi connectivity index (χ1v) is 27.0. The van der Waals surface area contributed by atoms with Gasteiger partial charge in [0.15, 0.2) is 6.61 Å². The van der Waals surface area contributed by atoms with E-state index in [1.165, 1.54) is 78.3 Å². The standard InChI is InChI=1S/C10H16N2O4.2C9H14N2O4.C9H15NO3.C8H13NO3.2C7H9NO3/c1-12-9(13)8-15-6-4-2-3-5-7-16-10(11)14;1-3-7(6-15-8(10)12)4-5-14-9(13)11-2;1-3-7(4-5-14-8(10)12)6-15-9(13)11-2;1-10-9(12)8-13-7-5-3-2-4-6-11;1-3-7(4-5-10)6-12-8(11)9-2;1-8-7(9)11-5-6-2-3-10-4-6;1-8-7(9)11-5-6-3-2-4-10-6/h2-5H,6-8H2,1H3,(H2,11,14)(H,12,13);2*3-4H,1,5-6H2,2H3,(H2,10,12)(H,11,13);2-5,11H,6-8H2,1H3,(H,10,12);3-4,10H,1,5-6H2,2H3,(H,9,11);2*2-4H,5H2,1H3,(H,8,9)/b4-2+,5-3+;2*7-4-;4-2+,5-3+;7-4-;;. The number of amides is 10. The van der Waals surface area contributed by atoms with Crippen molar-refractivity contribution in [3.63, 3.8) is 0 Å². The summed E-state index contributed by atoms with van der Waals surface area (Å²) in [5.74, 6) is 0.326. The second-order valence-electron chi connectivity index (χ2n) is 15.6.